The molecule has 2 N–H and O–H groups in total. The van der Waals surface area contributed by atoms with Crippen molar-refractivity contribution in [3.8, 4) is 11.8 Å². The zero-order valence-electron chi connectivity index (χ0n) is 19.1. The molecule has 1 saturated heterocycles. The minimum Gasteiger partial charge on any atom is -0.481 e. The first kappa shape index (κ1) is 24.9. The summed E-state index contributed by atoms with van der Waals surface area (Å²) in [5, 5.41) is 18.8. The van der Waals surface area contributed by atoms with Crippen LogP contribution < -0.4 is 5.32 Å². The first-order valence-electron chi connectivity index (χ1n) is 11.3. The Bertz CT molecular complexity index is 1290. The summed E-state index contributed by atoms with van der Waals surface area (Å²) in [6.07, 6.45) is 3.37. The highest BCUT2D eigenvalue weighted by molar-refractivity contribution is 8.15. The Balaban J connectivity index is 1.20. The fourth-order valence-electron chi connectivity index (χ4n) is 3.64. The van der Waals surface area contributed by atoms with Gasteiger partial charge in [0.15, 0.2) is 5.17 Å². The number of carbonyl (C=O) groups excluding carboxylic acids is 3. The van der Waals surface area contributed by atoms with Crippen LogP contribution in [-0.2, 0) is 9.59 Å². The summed E-state index contributed by atoms with van der Waals surface area (Å²) in [7, 11) is 0. The molecule has 2 heterocycles. The van der Waals surface area contributed by atoms with Crippen LogP contribution in [0.4, 0.5) is 0 Å². The van der Waals surface area contributed by atoms with Crippen LogP contribution in [0.3, 0.4) is 0 Å². The van der Waals surface area contributed by atoms with Crippen LogP contribution >= 0.6 is 11.8 Å². The number of thioether (sulfide) groups is 1. The maximum absolute atomic E-state index is 12.4. The molecule has 0 aliphatic carbocycles. The summed E-state index contributed by atoms with van der Waals surface area (Å²) >= 11 is 1.04. The van der Waals surface area contributed by atoms with E-state index in [9.17, 15) is 19.2 Å². The Morgan fingerprint density at radius 1 is 1.06 bits per heavy atom. The zero-order valence-corrected chi connectivity index (χ0v) is 20.0. The molecule has 3 amide bonds. The van der Waals surface area contributed by atoms with Crippen molar-refractivity contribution >= 4 is 46.8 Å². The van der Waals surface area contributed by atoms with Crippen LogP contribution in [0.15, 0.2) is 58.7 Å². The van der Waals surface area contributed by atoms with Crippen LogP contribution in [0.1, 0.15) is 57.5 Å². The number of amidine groups is 1. The maximum Gasteiger partial charge on any atom is 0.305 e. The van der Waals surface area contributed by atoms with E-state index >= 15 is 0 Å². The number of hydrogen-bond acceptors (Lipinski definition) is 7. The van der Waals surface area contributed by atoms with Gasteiger partial charge in [-0.1, -0.05) is 47.9 Å². The van der Waals surface area contributed by atoms with Gasteiger partial charge >= 0.3 is 5.97 Å². The molecule has 2 aromatic rings. The van der Waals surface area contributed by atoms with Crippen LogP contribution in [-0.4, -0.2) is 56.9 Å². The van der Waals surface area contributed by atoms with Crippen molar-refractivity contribution in [1.82, 2.24) is 10.2 Å². The standard InChI is InChI=1S/C26H22N4O5S/c31-22(32)15-21-23(33)28-26(36-21)29-27-16-18-12-10-17(11-13-18)7-3-1-2-6-14-30-24(34)19-8-4-5-9-20(19)25(30)35/h4-5,8-13,16,21H,1-2,6,14-15H2,(H,31,32)(H,28,29,33). The first-order chi connectivity index (χ1) is 17.4. The van der Waals surface area contributed by atoms with Gasteiger partial charge in [0.2, 0.25) is 5.91 Å². The summed E-state index contributed by atoms with van der Waals surface area (Å²) in [6.45, 7) is 0.384. The van der Waals surface area contributed by atoms with Crippen LogP contribution in [0.5, 0.6) is 0 Å². The Morgan fingerprint density at radius 3 is 2.42 bits per heavy atom. The molecule has 0 radical (unpaired) electrons. The molecule has 0 bridgehead atoms. The predicted molar refractivity (Wildman–Crippen MR) is 136 cm³/mol. The molecule has 1 atom stereocenters. The maximum atomic E-state index is 12.4. The number of carboxylic acid groups (broad SMARTS) is 1. The topological polar surface area (TPSA) is 128 Å². The number of imide groups is 1. The molecule has 0 saturated carbocycles. The number of carbonyl (C=O) groups is 4. The summed E-state index contributed by atoms with van der Waals surface area (Å²) < 4.78 is 0. The molecule has 4 rings (SSSR count). The molecule has 2 aliphatic heterocycles. The number of aliphatic carboxylic acids is 1. The van der Waals surface area contributed by atoms with Gasteiger partial charge in [-0.05, 0) is 42.7 Å². The molecule has 36 heavy (non-hydrogen) atoms. The average Bonchev–Trinajstić information content (AvgIpc) is 3.33. The van der Waals surface area contributed by atoms with Gasteiger partial charge in [0.1, 0.15) is 5.25 Å². The van der Waals surface area contributed by atoms with Gasteiger partial charge in [-0.15, -0.1) is 5.10 Å². The molecule has 182 valence electrons. The van der Waals surface area contributed by atoms with Crippen LogP contribution in [0, 0.1) is 11.8 Å². The van der Waals surface area contributed by atoms with E-state index < -0.39 is 11.2 Å². The Kier molecular flexibility index (Phi) is 7.92. The largest absolute Gasteiger partial charge is 0.481 e. The summed E-state index contributed by atoms with van der Waals surface area (Å²) in [5.41, 5.74) is 2.57. The highest BCUT2D eigenvalue weighted by atomic mass is 32.2. The van der Waals surface area contributed by atoms with Crippen LogP contribution in [0.2, 0.25) is 0 Å². The van der Waals surface area contributed by atoms with Gasteiger partial charge in [0.05, 0.1) is 23.8 Å². The zero-order chi connectivity index (χ0) is 25.5. The van der Waals surface area contributed by atoms with Gasteiger partial charge in [-0.3, -0.25) is 24.1 Å². The van der Waals surface area contributed by atoms with Gasteiger partial charge in [0, 0.05) is 18.5 Å². The van der Waals surface area contributed by atoms with Gasteiger partial charge in [-0.2, -0.15) is 5.10 Å². The summed E-state index contributed by atoms with van der Waals surface area (Å²) in [6, 6.07) is 14.3. The third-order valence-corrected chi connectivity index (χ3v) is 6.52. The second-order valence-electron chi connectivity index (χ2n) is 8.03. The van der Waals surface area contributed by atoms with Gasteiger partial charge in [-0.25, -0.2) is 0 Å². The van der Waals surface area contributed by atoms with E-state index in [-0.39, 0.29) is 29.3 Å². The Morgan fingerprint density at radius 2 is 1.75 bits per heavy atom. The third kappa shape index (κ3) is 6.06. The lowest BCUT2D eigenvalue weighted by molar-refractivity contribution is -0.138. The van der Waals surface area contributed by atoms with Crippen LogP contribution in [0.25, 0.3) is 0 Å². The van der Waals surface area contributed by atoms with E-state index in [0.717, 1.165) is 29.3 Å². The number of nitrogens with zero attached hydrogens (tertiary/aromatic N) is 3. The van der Waals surface area contributed by atoms with Crippen molar-refractivity contribution in [3.63, 3.8) is 0 Å². The van der Waals surface area contributed by atoms with Crippen molar-refractivity contribution in [2.24, 2.45) is 10.2 Å². The van der Waals surface area contributed by atoms with Gasteiger partial charge in [0.25, 0.3) is 11.8 Å². The lowest BCUT2D eigenvalue weighted by Crippen LogP contribution is -2.30. The SMILES string of the molecule is O=C(O)CC1SC(=NN=Cc2ccc(C#CCCCCN3C(=O)c4ccccc4C3=O)cc2)NC1=O. The predicted octanol–water partition coefficient (Wildman–Crippen LogP) is 2.90. The molecular weight excluding hydrogens is 480 g/mol. The Labute approximate surface area is 211 Å². The van der Waals surface area contributed by atoms with E-state index in [1.165, 1.54) is 11.1 Å². The van der Waals surface area contributed by atoms with Crippen molar-refractivity contribution in [2.45, 2.75) is 30.9 Å². The lowest BCUT2D eigenvalue weighted by Gasteiger charge is -2.12. The molecule has 0 spiro atoms. The fraction of sp³-hybridized carbons (Fsp3) is 0.231. The molecule has 10 heteroatoms. The van der Waals surface area contributed by atoms with Gasteiger partial charge < -0.3 is 10.4 Å². The van der Waals surface area contributed by atoms with Crippen molar-refractivity contribution in [1.29, 1.82) is 0 Å². The van der Waals surface area contributed by atoms with E-state index in [1.807, 2.05) is 24.3 Å². The van der Waals surface area contributed by atoms with Crippen molar-refractivity contribution in [2.75, 3.05) is 6.54 Å². The normalized spacial score (nSPS) is 17.9. The molecule has 2 aromatic carbocycles. The third-order valence-electron chi connectivity index (χ3n) is 5.45. The number of nitrogens with one attached hydrogen (secondary N) is 1. The molecule has 1 unspecified atom stereocenters. The summed E-state index contributed by atoms with van der Waals surface area (Å²) in [5.74, 6) is 4.31. The van der Waals surface area contributed by atoms with E-state index in [4.69, 9.17) is 5.11 Å². The molecule has 0 aromatic heterocycles. The number of benzene rings is 2. The smallest absolute Gasteiger partial charge is 0.305 e. The number of fused-ring (bicyclic) bond motifs is 1. The Hall–Kier alpha value is -4.23. The molecule has 1 fully saturated rings. The lowest BCUT2D eigenvalue weighted by atomic mass is 10.1. The monoisotopic (exact) mass is 502 g/mol. The number of carboxylic acids is 1. The highest BCUT2D eigenvalue weighted by Gasteiger charge is 2.34. The fourth-order valence-corrected chi connectivity index (χ4v) is 4.55. The molecule has 2 aliphatic rings. The second-order valence-corrected chi connectivity index (χ2v) is 9.22. The van der Waals surface area contributed by atoms with E-state index in [1.54, 1.807) is 24.3 Å². The van der Waals surface area contributed by atoms with Crippen molar-refractivity contribution in [3.05, 3.63) is 70.8 Å². The average molecular weight is 503 g/mol. The quantitative estimate of drug-likeness (QED) is 0.188. The second kappa shape index (κ2) is 11.5. The number of unbranched alkanes of at least 4 members (excludes halogenated alkanes) is 2. The molecular formula is C26H22N4O5S. The van der Waals surface area contributed by atoms with E-state index in [0.29, 0.717) is 30.5 Å². The summed E-state index contributed by atoms with van der Waals surface area (Å²) in [4.78, 5) is 48.5. The number of rotatable bonds is 8. The minimum absolute atomic E-state index is 0.231. The number of hydrogen-bond donors (Lipinski definition) is 2. The van der Waals surface area contributed by atoms with E-state index in [2.05, 4.69) is 27.4 Å². The first-order valence-corrected chi connectivity index (χ1v) is 12.1. The number of amides is 3. The van der Waals surface area contributed by atoms with Crippen molar-refractivity contribution < 1.29 is 24.3 Å². The minimum atomic E-state index is -1.04. The molecule has 9 nitrogen and oxygen atoms in total. The highest BCUT2D eigenvalue weighted by Crippen LogP contribution is 2.23.